The predicted molar refractivity (Wildman–Crippen MR) is 82.3 cm³/mol. The maximum absolute atomic E-state index is 11.9. The van der Waals surface area contributed by atoms with Crippen molar-refractivity contribution in [1.29, 1.82) is 0 Å². The van der Waals surface area contributed by atoms with Crippen LogP contribution in [0, 0.1) is 0 Å². The van der Waals surface area contributed by atoms with Gasteiger partial charge in [0.1, 0.15) is 18.1 Å². The molecule has 0 saturated carbocycles. The van der Waals surface area contributed by atoms with E-state index in [0.29, 0.717) is 29.5 Å². The zero-order chi connectivity index (χ0) is 15.1. The number of amides is 1. The molecule has 0 aliphatic heterocycles. The van der Waals surface area contributed by atoms with Gasteiger partial charge in [0, 0.05) is 16.7 Å². The lowest BCUT2D eigenvalue weighted by atomic mass is 10.2. The van der Waals surface area contributed by atoms with Gasteiger partial charge in [-0.1, -0.05) is 23.7 Å². The highest BCUT2D eigenvalue weighted by molar-refractivity contribution is 6.30. The molecule has 0 unspecified atom stereocenters. The highest BCUT2D eigenvalue weighted by Gasteiger charge is 2.05. The fourth-order valence-electron chi connectivity index (χ4n) is 1.76. The van der Waals surface area contributed by atoms with Gasteiger partial charge in [0.15, 0.2) is 0 Å². The molecule has 0 radical (unpaired) electrons. The summed E-state index contributed by atoms with van der Waals surface area (Å²) in [5.74, 6) is 1.26. The molecule has 5 heteroatoms. The lowest BCUT2D eigenvalue weighted by Crippen LogP contribution is -2.28. The fraction of sp³-hybridized carbons (Fsp3) is 0.188. The maximum atomic E-state index is 11.9. The number of benzene rings is 2. The van der Waals surface area contributed by atoms with E-state index in [4.69, 9.17) is 21.1 Å². The molecule has 4 nitrogen and oxygen atoms in total. The Hall–Kier alpha value is -2.20. The second-order valence-corrected chi connectivity index (χ2v) is 4.73. The van der Waals surface area contributed by atoms with Gasteiger partial charge < -0.3 is 14.8 Å². The Kier molecular flexibility index (Phi) is 5.46. The molecule has 110 valence electrons. The molecule has 0 spiro atoms. The SMILES string of the molecule is COc1cccc(OCCNC(=O)c2cccc(Cl)c2)c1. The standard InChI is InChI=1S/C16H16ClNO3/c1-20-14-6-3-7-15(11-14)21-9-8-18-16(19)12-4-2-5-13(17)10-12/h2-7,10-11H,8-9H2,1H3,(H,18,19). The van der Waals surface area contributed by atoms with Crippen molar-refractivity contribution in [2.75, 3.05) is 20.3 Å². The molecule has 2 aromatic rings. The Morgan fingerprint density at radius 3 is 2.67 bits per heavy atom. The van der Waals surface area contributed by atoms with Gasteiger partial charge >= 0.3 is 0 Å². The summed E-state index contributed by atoms with van der Waals surface area (Å²) < 4.78 is 10.6. The van der Waals surface area contributed by atoms with Crippen molar-refractivity contribution in [2.45, 2.75) is 0 Å². The number of carbonyl (C=O) groups is 1. The van der Waals surface area contributed by atoms with Crippen molar-refractivity contribution in [1.82, 2.24) is 5.32 Å². The molecule has 1 N–H and O–H groups in total. The molecule has 0 aromatic heterocycles. The van der Waals surface area contributed by atoms with Crippen LogP contribution in [-0.4, -0.2) is 26.2 Å². The molecule has 0 fully saturated rings. The predicted octanol–water partition coefficient (Wildman–Crippen LogP) is 3.16. The average molecular weight is 306 g/mol. The Morgan fingerprint density at radius 1 is 1.14 bits per heavy atom. The fourth-order valence-corrected chi connectivity index (χ4v) is 1.95. The van der Waals surface area contributed by atoms with E-state index < -0.39 is 0 Å². The van der Waals surface area contributed by atoms with Crippen LogP contribution in [0.2, 0.25) is 5.02 Å². The number of rotatable bonds is 6. The van der Waals surface area contributed by atoms with Crippen LogP contribution < -0.4 is 14.8 Å². The molecule has 2 aromatic carbocycles. The lowest BCUT2D eigenvalue weighted by Gasteiger charge is -2.09. The largest absolute Gasteiger partial charge is 0.497 e. The molecule has 0 bridgehead atoms. The van der Waals surface area contributed by atoms with Gasteiger partial charge in [-0.2, -0.15) is 0 Å². The minimum atomic E-state index is -0.174. The second-order valence-electron chi connectivity index (χ2n) is 4.29. The minimum Gasteiger partial charge on any atom is -0.497 e. The third kappa shape index (κ3) is 4.68. The third-order valence-electron chi connectivity index (χ3n) is 2.78. The Labute approximate surface area is 128 Å². The molecular weight excluding hydrogens is 290 g/mol. The number of halogens is 1. The van der Waals surface area contributed by atoms with E-state index in [1.54, 1.807) is 37.4 Å². The van der Waals surface area contributed by atoms with Crippen LogP contribution in [0.3, 0.4) is 0 Å². The minimum absolute atomic E-state index is 0.174. The zero-order valence-electron chi connectivity index (χ0n) is 11.6. The van der Waals surface area contributed by atoms with Crippen LogP contribution in [-0.2, 0) is 0 Å². The van der Waals surface area contributed by atoms with E-state index in [1.165, 1.54) is 0 Å². The number of methoxy groups -OCH3 is 1. The molecule has 21 heavy (non-hydrogen) atoms. The normalized spacial score (nSPS) is 10.0. The Bertz CT molecular complexity index is 616. The Morgan fingerprint density at radius 2 is 1.90 bits per heavy atom. The first kappa shape index (κ1) is 15.2. The van der Waals surface area contributed by atoms with Gasteiger partial charge in [0.05, 0.1) is 13.7 Å². The van der Waals surface area contributed by atoms with E-state index in [-0.39, 0.29) is 5.91 Å². The molecular formula is C16H16ClNO3. The van der Waals surface area contributed by atoms with Crippen molar-refractivity contribution in [3.05, 3.63) is 59.1 Å². The van der Waals surface area contributed by atoms with E-state index in [1.807, 2.05) is 18.2 Å². The molecule has 0 heterocycles. The molecule has 2 rings (SSSR count). The van der Waals surface area contributed by atoms with Crippen LogP contribution in [0.4, 0.5) is 0 Å². The number of ether oxygens (including phenoxy) is 2. The summed E-state index contributed by atoms with van der Waals surface area (Å²) in [4.78, 5) is 11.9. The second kappa shape index (κ2) is 7.55. The first-order chi connectivity index (χ1) is 10.2. The first-order valence-corrected chi connectivity index (χ1v) is 6.87. The topological polar surface area (TPSA) is 47.6 Å². The van der Waals surface area contributed by atoms with Crippen molar-refractivity contribution >= 4 is 17.5 Å². The number of hydrogen-bond donors (Lipinski definition) is 1. The summed E-state index contributed by atoms with van der Waals surface area (Å²) in [5, 5.41) is 3.31. The van der Waals surface area contributed by atoms with Gasteiger partial charge in [-0.05, 0) is 30.3 Å². The summed E-state index contributed by atoms with van der Waals surface area (Å²) in [6.45, 7) is 0.780. The molecule has 0 atom stereocenters. The lowest BCUT2D eigenvalue weighted by molar-refractivity contribution is 0.0947. The van der Waals surface area contributed by atoms with E-state index in [9.17, 15) is 4.79 Å². The van der Waals surface area contributed by atoms with Crippen LogP contribution in [0.5, 0.6) is 11.5 Å². The summed E-state index contributed by atoms with van der Waals surface area (Å²) in [5.41, 5.74) is 0.531. The van der Waals surface area contributed by atoms with Crippen LogP contribution in [0.1, 0.15) is 10.4 Å². The maximum Gasteiger partial charge on any atom is 0.251 e. The van der Waals surface area contributed by atoms with E-state index in [0.717, 1.165) is 5.75 Å². The smallest absolute Gasteiger partial charge is 0.251 e. The molecule has 0 saturated heterocycles. The van der Waals surface area contributed by atoms with Crippen molar-refractivity contribution in [3.63, 3.8) is 0 Å². The van der Waals surface area contributed by atoms with Crippen LogP contribution >= 0.6 is 11.6 Å². The van der Waals surface area contributed by atoms with Crippen molar-refractivity contribution in [2.24, 2.45) is 0 Å². The Balaban J connectivity index is 1.78. The quantitative estimate of drug-likeness (QED) is 0.834. The van der Waals surface area contributed by atoms with E-state index in [2.05, 4.69) is 5.32 Å². The summed E-state index contributed by atoms with van der Waals surface area (Å²) in [7, 11) is 1.60. The summed E-state index contributed by atoms with van der Waals surface area (Å²) >= 11 is 5.84. The van der Waals surface area contributed by atoms with Crippen molar-refractivity contribution in [3.8, 4) is 11.5 Å². The van der Waals surface area contributed by atoms with Gasteiger partial charge in [-0.15, -0.1) is 0 Å². The van der Waals surface area contributed by atoms with Crippen LogP contribution in [0.25, 0.3) is 0 Å². The zero-order valence-corrected chi connectivity index (χ0v) is 12.4. The molecule has 0 aliphatic rings. The van der Waals surface area contributed by atoms with Gasteiger partial charge in [-0.3, -0.25) is 4.79 Å². The summed E-state index contributed by atoms with van der Waals surface area (Å²) in [6, 6.07) is 14.1. The van der Waals surface area contributed by atoms with Crippen LogP contribution in [0.15, 0.2) is 48.5 Å². The van der Waals surface area contributed by atoms with Crippen molar-refractivity contribution < 1.29 is 14.3 Å². The first-order valence-electron chi connectivity index (χ1n) is 6.49. The highest BCUT2D eigenvalue weighted by Crippen LogP contribution is 2.18. The molecule has 1 amide bonds. The average Bonchev–Trinajstić information content (AvgIpc) is 2.51. The number of carbonyl (C=O) groups excluding carboxylic acids is 1. The van der Waals surface area contributed by atoms with Gasteiger partial charge in [0.25, 0.3) is 5.91 Å². The number of hydrogen-bond acceptors (Lipinski definition) is 3. The monoisotopic (exact) mass is 305 g/mol. The molecule has 0 aliphatic carbocycles. The summed E-state index contributed by atoms with van der Waals surface area (Å²) in [6.07, 6.45) is 0. The van der Waals surface area contributed by atoms with Gasteiger partial charge in [-0.25, -0.2) is 0 Å². The third-order valence-corrected chi connectivity index (χ3v) is 3.02. The van der Waals surface area contributed by atoms with Gasteiger partial charge in [0.2, 0.25) is 0 Å². The highest BCUT2D eigenvalue weighted by atomic mass is 35.5. The number of nitrogens with one attached hydrogen (secondary N) is 1. The van der Waals surface area contributed by atoms with E-state index >= 15 is 0 Å².